The Morgan fingerprint density at radius 1 is 0.947 bits per heavy atom. The van der Waals surface area contributed by atoms with Crippen LogP contribution in [0.2, 0.25) is 0 Å². The second-order valence-corrected chi connectivity index (χ2v) is 4.70. The van der Waals surface area contributed by atoms with Crippen molar-refractivity contribution in [2.45, 2.75) is 12.8 Å². The van der Waals surface area contributed by atoms with Crippen LogP contribution in [0, 0.1) is 0 Å². The third-order valence-electron chi connectivity index (χ3n) is 3.40. The largest absolute Gasteiger partial charge is 0.457 e. The Hall–Kier alpha value is -2.06. The summed E-state index contributed by atoms with van der Waals surface area (Å²) in [7, 11) is 0. The minimum absolute atomic E-state index is 0.142. The topological polar surface area (TPSA) is 29.5 Å². The van der Waals surface area contributed by atoms with Gasteiger partial charge < -0.3 is 9.84 Å². The Balaban J connectivity index is 1.94. The van der Waals surface area contributed by atoms with Crippen LogP contribution >= 0.6 is 0 Å². The first-order valence-corrected chi connectivity index (χ1v) is 6.52. The van der Waals surface area contributed by atoms with Crippen molar-refractivity contribution in [1.82, 2.24) is 0 Å². The van der Waals surface area contributed by atoms with Crippen molar-refractivity contribution in [2.75, 3.05) is 6.61 Å². The number of para-hydroxylation sites is 1. The number of hydrogen-bond acceptors (Lipinski definition) is 2. The van der Waals surface area contributed by atoms with Crippen LogP contribution in [0.1, 0.15) is 17.5 Å². The lowest BCUT2D eigenvalue weighted by atomic mass is 9.92. The first-order valence-electron chi connectivity index (χ1n) is 6.52. The van der Waals surface area contributed by atoms with Gasteiger partial charge in [0.2, 0.25) is 0 Å². The molecule has 2 aromatic carbocycles. The average molecular weight is 252 g/mol. The molecule has 0 spiro atoms. The normalized spacial score (nSPS) is 13.6. The van der Waals surface area contributed by atoms with Gasteiger partial charge in [-0.05, 0) is 42.2 Å². The van der Waals surface area contributed by atoms with Gasteiger partial charge in [-0.1, -0.05) is 36.4 Å². The van der Waals surface area contributed by atoms with Crippen LogP contribution in [0.25, 0.3) is 6.08 Å². The number of ether oxygens (including phenoxy) is 1. The van der Waals surface area contributed by atoms with Crippen molar-refractivity contribution >= 4 is 6.08 Å². The fraction of sp³-hybridized carbons (Fsp3) is 0.176. The van der Waals surface area contributed by atoms with Crippen LogP contribution in [-0.2, 0) is 6.42 Å². The quantitative estimate of drug-likeness (QED) is 0.900. The minimum atomic E-state index is 0.142. The van der Waals surface area contributed by atoms with Gasteiger partial charge in [0, 0.05) is 5.56 Å². The van der Waals surface area contributed by atoms with Gasteiger partial charge in [0.05, 0.1) is 6.61 Å². The summed E-state index contributed by atoms with van der Waals surface area (Å²) >= 11 is 0. The molecule has 0 fully saturated rings. The molecule has 0 atom stereocenters. The molecular formula is C17H16O2. The SMILES string of the molecule is OCC1=Cc2cccc(Oc3ccccc3)c2CC1. The predicted molar refractivity (Wildman–Crippen MR) is 76.3 cm³/mol. The minimum Gasteiger partial charge on any atom is -0.457 e. The highest BCUT2D eigenvalue weighted by Crippen LogP contribution is 2.33. The third-order valence-corrected chi connectivity index (χ3v) is 3.40. The van der Waals surface area contributed by atoms with Gasteiger partial charge in [0.25, 0.3) is 0 Å². The summed E-state index contributed by atoms with van der Waals surface area (Å²) in [5.74, 6) is 1.77. The van der Waals surface area contributed by atoms with E-state index in [1.165, 1.54) is 5.56 Å². The fourth-order valence-electron chi connectivity index (χ4n) is 2.40. The molecule has 96 valence electrons. The van der Waals surface area contributed by atoms with Gasteiger partial charge in [0.15, 0.2) is 0 Å². The Kier molecular flexibility index (Phi) is 3.34. The summed E-state index contributed by atoms with van der Waals surface area (Å²) in [6.45, 7) is 0.142. The molecule has 2 nitrogen and oxygen atoms in total. The Bertz CT molecular complexity index is 600. The summed E-state index contributed by atoms with van der Waals surface area (Å²) in [5, 5.41) is 9.22. The molecule has 2 aromatic rings. The zero-order valence-corrected chi connectivity index (χ0v) is 10.7. The molecule has 1 aliphatic carbocycles. The second kappa shape index (κ2) is 5.29. The lowest BCUT2D eigenvalue weighted by Crippen LogP contribution is -2.04. The molecule has 1 N–H and O–H groups in total. The molecule has 0 amide bonds. The van der Waals surface area contributed by atoms with E-state index in [2.05, 4.69) is 12.1 Å². The molecule has 19 heavy (non-hydrogen) atoms. The first-order chi connectivity index (χ1) is 9.36. The highest BCUT2D eigenvalue weighted by atomic mass is 16.5. The summed E-state index contributed by atoms with van der Waals surface area (Å²) < 4.78 is 5.95. The molecule has 0 bridgehead atoms. The van der Waals surface area contributed by atoms with E-state index >= 15 is 0 Å². The number of aliphatic hydroxyl groups excluding tert-OH is 1. The molecule has 3 rings (SSSR count). The number of rotatable bonds is 3. The standard InChI is InChI=1S/C17H16O2/c18-12-13-9-10-16-14(11-13)5-4-8-17(16)19-15-6-2-1-3-7-15/h1-8,11,18H,9-10,12H2. The van der Waals surface area contributed by atoms with Crippen molar-refractivity contribution < 1.29 is 9.84 Å². The summed E-state index contributed by atoms with van der Waals surface area (Å²) in [6.07, 6.45) is 3.89. The zero-order valence-electron chi connectivity index (χ0n) is 10.7. The maximum absolute atomic E-state index is 9.22. The number of hydrogen-bond donors (Lipinski definition) is 1. The van der Waals surface area contributed by atoms with Crippen LogP contribution in [0.5, 0.6) is 11.5 Å². The van der Waals surface area contributed by atoms with E-state index in [0.29, 0.717) is 0 Å². The van der Waals surface area contributed by atoms with E-state index < -0.39 is 0 Å². The second-order valence-electron chi connectivity index (χ2n) is 4.70. The summed E-state index contributed by atoms with van der Waals surface area (Å²) in [4.78, 5) is 0. The molecule has 0 saturated heterocycles. The van der Waals surface area contributed by atoms with Crippen LogP contribution in [-0.4, -0.2) is 11.7 Å². The van der Waals surface area contributed by atoms with Crippen molar-refractivity contribution in [3.8, 4) is 11.5 Å². The van der Waals surface area contributed by atoms with Crippen LogP contribution in [0.4, 0.5) is 0 Å². The van der Waals surface area contributed by atoms with Crippen LogP contribution in [0.3, 0.4) is 0 Å². The fourth-order valence-corrected chi connectivity index (χ4v) is 2.40. The lowest BCUT2D eigenvalue weighted by Gasteiger charge is -2.18. The van der Waals surface area contributed by atoms with Gasteiger partial charge in [-0.3, -0.25) is 0 Å². The Morgan fingerprint density at radius 2 is 1.79 bits per heavy atom. The van der Waals surface area contributed by atoms with Gasteiger partial charge >= 0.3 is 0 Å². The molecule has 0 heterocycles. The lowest BCUT2D eigenvalue weighted by molar-refractivity contribution is 0.327. The van der Waals surface area contributed by atoms with Gasteiger partial charge in [-0.2, -0.15) is 0 Å². The van der Waals surface area contributed by atoms with Crippen molar-refractivity contribution in [2.24, 2.45) is 0 Å². The van der Waals surface area contributed by atoms with Crippen molar-refractivity contribution in [1.29, 1.82) is 0 Å². The maximum atomic E-state index is 9.22. The van der Waals surface area contributed by atoms with Crippen LogP contribution in [0.15, 0.2) is 54.1 Å². The highest BCUT2D eigenvalue weighted by Gasteiger charge is 2.14. The highest BCUT2D eigenvalue weighted by molar-refractivity contribution is 5.63. The number of benzene rings is 2. The maximum Gasteiger partial charge on any atom is 0.131 e. The van der Waals surface area contributed by atoms with Gasteiger partial charge in [-0.15, -0.1) is 0 Å². The van der Waals surface area contributed by atoms with Gasteiger partial charge in [0.1, 0.15) is 11.5 Å². The third kappa shape index (κ3) is 2.54. The van der Waals surface area contributed by atoms with Gasteiger partial charge in [-0.25, -0.2) is 0 Å². The molecule has 0 saturated carbocycles. The zero-order chi connectivity index (χ0) is 13.1. The monoisotopic (exact) mass is 252 g/mol. The smallest absolute Gasteiger partial charge is 0.131 e. The van der Waals surface area contributed by atoms with Crippen molar-refractivity contribution in [3.63, 3.8) is 0 Å². The molecule has 0 aromatic heterocycles. The summed E-state index contributed by atoms with van der Waals surface area (Å²) in [6, 6.07) is 15.9. The molecule has 0 aliphatic heterocycles. The number of fused-ring (bicyclic) bond motifs is 1. The molecule has 0 radical (unpaired) electrons. The van der Waals surface area contributed by atoms with E-state index in [1.807, 2.05) is 42.5 Å². The van der Waals surface area contributed by atoms with Crippen molar-refractivity contribution in [3.05, 3.63) is 65.2 Å². The first kappa shape index (κ1) is 12.0. The summed E-state index contributed by atoms with van der Waals surface area (Å²) in [5.41, 5.74) is 3.47. The molecule has 2 heteroatoms. The Labute approximate surface area is 113 Å². The molecular weight excluding hydrogens is 236 g/mol. The number of aliphatic hydroxyl groups is 1. The Morgan fingerprint density at radius 3 is 2.58 bits per heavy atom. The van der Waals surface area contributed by atoms with E-state index in [1.54, 1.807) is 0 Å². The van der Waals surface area contributed by atoms with E-state index in [0.717, 1.165) is 35.5 Å². The van der Waals surface area contributed by atoms with Crippen LogP contribution < -0.4 is 4.74 Å². The average Bonchev–Trinajstić information content (AvgIpc) is 2.48. The van der Waals surface area contributed by atoms with E-state index in [4.69, 9.17) is 4.74 Å². The molecule has 0 unspecified atom stereocenters. The predicted octanol–water partition coefficient (Wildman–Crippen LogP) is 3.80. The van der Waals surface area contributed by atoms with E-state index in [-0.39, 0.29) is 6.61 Å². The van der Waals surface area contributed by atoms with E-state index in [9.17, 15) is 5.11 Å². The molecule has 1 aliphatic rings.